The number of aliphatic hydroxyl groups is 3. The molecule has 0 aromatic carbocycles. The van der Waals surface area contributed by atoms with Crippen LogP contribution in [0.25, 0.3) is 0 Å². The van der Waals surface area contributed by atoms with E-state index >= 15 is 0 Å². The lowest BCUT2D eigenvalue weighted by molar-refractivity contribution is -0.0265. The van der Waals surface area contributed by atoms with Crippen molar-refractivity contribution in [3.05, 3.63) is 0 Å². The van der Waals surface area contributed by atoms with Gasteiger partial charge in [-0.15, -0.1) is 0 Å². The van der Waals surface area contributed by atoms with Crippen LogP contribution in [0.5, 0.6) is 0 Å². The molecule has 1 atom stereocenters. The van der Waals surface area contributed by atoms with Crippen molar-refractivity contribution in [1.82, 2.24) is 0 Å². The Morgan fingerprint density at radius 3 is 1.72 bits per heavy atom. The van der Waals surface area contributed by atoms with Gasteiger partial charge in [0, 0.05) is 36.5 Å². The summed E-state index contributed by atoms with van der Waals surface area (Å²) < 4.78 is 47.7. The third-order valence-electron chi connectivity index (χ3n) is 3.98. The normalized spacial score (nSPS) is 14.0. The molecule has 0 amide bonds. The van der Waals surface area contributed by atoms with Crippen molar-refractivity contribution in [3.63, 3.8) is 0 Å². The van der Waals surface area contributed by atoms with E-state index in [-0.39, 0.29) is 43.1 Å². The monoisotopic (exact) mass is 614 g/mol. The lowest BCUT2D eigenvalue weighted by Gasteiger charge is -2.28. The van der Waals surface area contributed by atoms with E-state index in [1.165, 1.54) is 0 Å². The van der Waals surface area contributed by atoms with Gasteiger partial charge in [0.05, 0.1) is 38.9 Å². The van der Waals surface area contributed by atoms with Crippen molar-refractivity contribution in [1.29, 1.82) is 0 Å². The molecule has 12 nitrogen and oxygen atoms in total. The molecule has 0 aromatic heterocycles. The van der Waals surface area contributed by atoms with E-state index < -0.39 is 35.2 Å². The first-order valence-corrected chi connectivity index (χ1v) is 24.9. The van der Waals surface area contributed by atoms with Crippen LogP contribution in [0, 0.1) is 0 Å². The van der Waals surface area contributed by atoms with Gasteiger partial charge in [0.1, 0.15) is 30.1 Å². The van der Waals surface area contributed by atoms with E-state index in [1.54, 1.807) is 14.2 Å². The highest BCUT2D eigenvalue weighted by molar-refractivity contribution is 6.71. The smallest absolute Gasteiger partial charge is 0.422 e. The second kappa shape index (κ2) is 27.2. The fraction of sp³-hybridized carbons (Fsp3) is 1.00. The molecule has 0 fully saturated rings. The summed E-state index contributed by atoms with van der Waals surface area (Å²) in [6.45, 7) is 15.2. The summed E-state index contributed by atoms with van der Waals surface area (Å²) in [7, 11) is -3.54. The van der Waals surface area contributed by atoms with E-state index in [4.69, 9.17) is 56.1 Å². The topological polar surface area (TPSA) is 144 Å². The van der Waals surface area contributed by atoms with Crippen LogP contribution in [-0.2, 0) is 40.8 Å². The first-order valence-electron chi connectivity index (χ1n) is 12.1. The second-order valence-electron chi connectivity index (χ2n) is 8.57. The third-order valence-corrected chi connectivity index (χ3v) is 13.0. The molecule has 0 saturated heterocycles. The molecule has 36 heavy (non-hydrogen) atoms. The number of rotatable bonds is 21. The Balaban J connectivity index is -0.000000558. The van der Waals surface area contributed by atoms with Gasteiger partial charge in [0.25, 0.3) is 0 Å². The Labute approximate surface area is 226 Å². The predicted molar refractivity (Wildman–Crippen MR) is 152 cm³/mol. The van der Waals surface area contributed by atoms with Gasteiger partial charge in [-0.2, -0.15) is 0 Å². The summed E-state index contributed by atoms with van der Waals surface area (Å²) in [5, 5.41) is 25.1. The quantitative estimate of drug-likeness (QED) is 0.0878. The van der Waals surface area contributed by atoms with Crippen LogP contribution in [0.4, 0.5) is 0 Å². The zero-order chi connectivity index (χ0) is 28.3. The van der Waals surface area contributed by atoms with Crippen LogP contribution in [0.2, 0.25) is 45.8 Å². The molecule has 0 rings (SSSR count). The van der Waals surface area contributed by atoms with E-state index in [0.717, 1.165) is 6.23 Å². The predicted octanol–water partition coefficient (Wildman–Crippen LogP) is -0.419. The largest absolute Gasteiger partial charge is 0.490 e. The van der Waals surface area contributed by atoms with Crippen LogP contribution in [0.15, 0.2) is 0 Å². The molecule has 0 unspecified atom stereocenters. The highest BCUT2D eigenvalue weighted by atomic mass is 28.4. The van der Waals surface area contributed by atoms with Crippen molar-refractivity contribution >= 4 is 44.7 Å². The maximum atomic E-state index is 8.68. The van der Waals surface area contributed by atoms with Gasteiger partial charge in [0.2, 0.25) is 16.6 Å². The Hall–Kier alpha value is 0.604. The molecule has 0 spiro atoms. The Morgan fingerprint density at radius 1 is 0.694 bits per heavy atom. The average Bonchev–Trinajstić information content (AvgIpc) is 2.83. The zero-order valence-electron chi connectivity index (χ0n) is 24.0. The van der Waals surface area contributed by atoms with E-state index in [0.29, 0.717) is 25.7 Å². The molecule has 0 heterocycles. The number of ether oxygens (including phenoxy) is 4. The molecule has 0 saturated carbocycles. The minimum absolute atomic E-state index is 0.0196. The average molecular weight is 615 g/mol. The van der Waals surface area contributed by atoms with Crippen LogP contribution in [0.1, 0.15) is 0 Å². The summed E-state index contributed by atoms with van der Waals surface area (Å²) >= 11 is 0. The highest BCUT2D eigenvalue weighted by Gasteiger charge is 2.35. The van der Waals surface area contributed by atoms with Crippen LogP contribution < -0.4 is 0 Å². The third kappa shape index (κ3) is 30.8. The Kier molecular flexibility index (Phi) is 31.0. The summed E-state index contributed by atoms with van der Waals surface area (Å²) in [6, 6.07) is 0. The minimum Gasteiger partial charge on any atom is -0.422 e. The second-order valence-corrected chi connectivity index (χ2v) is 22.3. The number of methoxy groups -OCH3 is 1. The molecule has 17 heteroatoms. The number of hydrogen-bond acceptors (Lipinski definition) is 12. The molecule has 0 aliphatic rings. The van der Waals surface area contributed by atoms with Crippen LogP contribution in [0.3, 0.4) is 0 Å². The molecule has 0 bridgehead atoms. The SMILES string of the molecule is COCO[Si@](C)(OCO[Si](C)(C)COCCO)O[SiH2]C.CO[Si](C)(C)COCO.C[SiH2]COCCO. The van der Waals surface area contributed by atoms with Gasteiger partial charge in [-0.3, -0.25) is 0 Å². The molecule has 222 valence electrons. The molecule has 0 aliphatic carbocycles. The van der Waals surface area contributed by atoms with Crippen LogP contribution in [-0.4, -0.2) is 140 Å². The molecule has 0 aromatic rings. The fourth-order valence-corrected chi connectivity index (χ4v) is 7.80. The molecule has 0 radical (unpaired) electrons. The first kappa shape index (κ1) is 41.1. The van der Waals surface area contributed by atoms with Gasteiger partial charge in [-0.25, -0.2) is 0 Å². The summed E-state index contributed by atoms with van der Waals surface area (Å²) in [6.07, 6.45) is 1.97. The minimum atomic E-state index is -2.66. The standard InChI is InChI=1S/C10H28O7Si3.C5H14O3Si.C4H12O2Si/c1-12-8-15-20(5,17-18-2)16-9-14-19(3,4)10-13-7-6-11;1-7-9(2,3)5-8-4-6;1-7-4-6-3-2-5/h11H,6-10,18H2,1-5H3;6H,4-5H2,1-3H3;5H,2-4,7H2,1H3/t20-;;/m1../s1. The highest BCUT2D eigenvalue weighted by Crippen LogP contribution is 2.12. The van der Waals surface area contributed by atoms with Crippen molar-refractivity contribution in [2.24, 2.45) is 0 Å². The van der Waals surface area contributed by atoms with Crippen LogP contribution >= 0.6 is 0 Å². The Morgan fingerprint density at radius 2 is 1.25 bits per heavy atom. The van der Waals surface area contributed by atoms with Crippen molar-refractivity contribution < 1.29 is 56.1 Å². The Bertz CT molecular complexity index is 451. The van der Waals surface area contributed by atoms with E-state index in [2.05, 4.69) is 6.55 Å². The van der Waals surface area contributed by atoms with Gasteiger partial charge < -0.3 is 56.1 Å². The van der Waals surface area contributed by atoms with Crippen molar-refractivity contribution in [2.75, 3.05) is 79.7 Å². The maximum absolute atomic E-state index is 8.68. The number of hydrogen-bond donors (Lipinski definition) is 3. The summed E-state index contributed by atoms with van der Waals surface area (Å²) in [5.74, 6) is 0. The summed E-state index contributed by atoms with van der Waals surface area (Å²) in [4.78, 5) is 0. The first-order chi connectivity index (χ1) is 16.9. The van der Waals surface area contributed by atoms with Gasteiger partial charge in [-0.05, 0) is 26.2 Å². The molecular weight excluding hydrogens is 561 g/mol. The van der Waals surface area contributed by atoms with Gasteiger partial charge in [0.15, 0.2) is 0 Å². The summed E-state index contributed by atoms with van der Waals surface area (Å²) in [5.41, 5.74) is 0. The molecule has 3 N–H and O–H groups in total. The van der Waals surface area contributed by atoms with E-state index in [9.17, 15) is 0 Å². The van der Waals surface area contributed by atoms with Crippen molar-refractivity contribution in [3.8, 4) is 0 Å². The van der Waals surface area contributed by atoms with E-state index in [1.807, 2.05) is 39.3 Å². The fourth-order valence-electron chi connectivity index (χ4n) is 1.93. The number of aliphatic hydroxyl groups excluding tert-OH is 3. The van der Waals surface area contributed by atoms with Gasteiger partial charge >= 0.3 is 8.80 Å². The lowest BCUT2D eigenvalue weighted by Crippen LogP contribution is -2.46. The van der Waals surface area contributed by atoms with Crippen molar-refractivity contribution in [2.45, 2.75) is 45.8 Å². The zero-order valence-corrected chi connectivity index (χ0v) is 29.8. The lowest BCUT2D eigenvalue weighted by atomic mass is 10.8. The molecule has 0 aliphatic heterocycles. The maximum Gasteiger partial charge on any atom is 0.490 e. The van der Waals surface area contributed by atoms with Gasteiger partial charge in [-0.1, -0.05) is 13.1 Å². The molecular formula is C19H54O12Si5.